The van der Waals surface area contributed by atoms with E-state index < -0.39 is 38.4 Å². The molecule has 0 amide bonds. The Morgan fingerprint density at radius 1 is 0.429 bits per heavy atom. The van der Waals surface area contributed by atoms with Gasteiger partial charge in [-0.05, 0) is 0 Å². The van der Waals surface area contributed by atoms with Gasteiger partial charge in [-0.1, -0.05) is 0 Å². The fourth-order valence-electron chi connectivity index (χ4n) is 4.29. The topological polar surface area (TPSA) is 27.7 Å². The molecule has 0 aliphatic heterocycles. The Balaban J connectivity index is 2.01. The van der Waals surface area contributed by atoms with Gasteiger partial charge in [-0.2, -0.15) is 0 Å². The summed E-state index contributed by atoms with van der Waals surface area (Å²) in [6.07, 6.45) is 1.85. The molecule has 0 aliphatic rings. The van der Waals surface area contributed by atoms with E-state index in [4.69, 9.17) is 7.56 Å². The van der Waals surface area contributed by atoms with Crippen LogP contribution in [0.15, 0.2) is 121 Å². The molecule has 0 heterocycles. The molecular formula is C30H34O3Sn2. The van der Waals surface area contributed by atoms with Gasteiger partial charge in [0.15, 0.2) is 0 Å². The van der Waals surface area contributed by atoms with Gasteiger partial charge >= 0.3 is 222 Å². The molecule has 0 radical (unpaired) electrons. The molecule has 4 aromatic rings. The van der Waals surface area contributed by atoms with Gasteiger partial charge in [0, 0.05) is 0 Å². The van der Waals surface area contributed by atoms with E-state index in [1.165, 1.54) is 14.3 Å². The molecule has 0 atom stereocenters. The van der Waals surface area contributed by atoms with Gasteiger partial charge in [0.1, 0.15) is 0 Å². The third kappa shape index (κ3) is 6.02. The van der Waals surface area contributed by atoms with E-state index >= 15 is 0 Å². The van der Waals surface area contributed by atoms with Crippen LogP contribution in [0.2, 0.25) is 0 Å². The van der Waals surface area contributed by atoms with Gasteiger partial charge in [0.05, 0.1) is 0 Å². The monoisotopic (exact) mass is 682 g/mol. The van der Waals surface area contributed by atoms with Crippen molar-refractivity contribution >= 4 is 52.7 Å². The molecule has 0 N–H and O–H groups in total. The van der Waals surface area contributed by atoms with Gasteiger partial charge < -0.3 is 0 Å². The summed E-state index contributed by atoms with van der Waals surface area (Å²) in [7, 11) is 0. The summed E-state index contributed by atoms with van der Waals surface area (Å²) in [4.78, 5) is 0. The molecule has 0 bridgehead atoms. The van der Waals surface area contributed by atoms with Gasteiger partial charge in [-0.15, -0.1) is 0 Å². The minimum absolute atomic E-state index is 0.652. The van der Waals surface area contributed by atoms with E-state index in [0.717, 1.165) is 12.8 Å². The van der Waals surface area contributed by atoms with Crippen LogP contribution in [0.4, 0.5) is 0 Å². The first-order chi connectivity index (χ1) is 17.2. The van der Waals surface area contributed by atoms with Gasteiger partial charge in [0.2, 0.25) is 0 Å². The van der Waals surface area contributed by atoms with Crippen LogP contribution in [0, 0.1) is 0 Å². The molecule has 0 saturated carbocycles. The maximum absolute atomic E-state index is 7.75. The number of rotatable bonds is 12. The zero-order valence-electron chi connectivity index (χ0n) is 20.6. The molecular weight excluding hydrogens is 646 g/mol. The Labute approximate surface area is 220 Å². The zero-order chi connectivity index (χ0) is 24.4. The van der Waals surface area contributed by atoms with Gasteiger partial charge in [0.25, 0.3) is 0 Å². The summed E-state index contributed by atoms with van der Waals surface area (Å²) >= 11 is -8.40. The molecule has 35 heavy (non-hydrogen) atoms. The van der Waals surface area contributed by atoms with Crippen molar-refractivity contribution in [2.24, 2.45) is 0 Å². The second-order valence-electron chi connectivity index (χ2n) is 8.50. The van der Waals surface area contributed by atoms with Crippen molar-refractivity contribution in [3.63, 3.8) is 0 Å². The summed E-state index contributed by atoms with van der Waals surface area (Å²) in [6.45, 7) is 5.62. The average Bonchev–Trinajstić information content (AvgIpc) is 2.95. The van der Waals surface area contributed by atoms with Crippen LogP contribution in [0.3, 0.4) is 0 Å². The van der Waals surface area contributed by atoms with E-state index in [9.17, 15) is 0 Å². The van der Waals surface area contributed by atoms with Crippen LogP contribution in [0.25, 0.3) is 0 Å². The van der Waals surface area contributed by atoms with E-state index in [1.54, 1.807) is 0 Å². The molecule has 180 valence electrons. The summed E-state index contributed by atoms with van der Waals surface area (Å²) in [5.74, 6) is 0. The number of hydrogen-bond donors (Lipinski definition) is 0. The molecule has 0 saturated heterocycles. The number of benzene rings is 4. The summed E-state index contributed by atoms with van der Waals surface area (Å²) < 4.78 is 26.4. The normalized spacial score (nSPS) is 11.9. The van der Waals surface area contributed by atoms with Gasteiger partial charge in [-0.25, -0.2) is 0 Å². The Bertz CT molecular complexity index is 967. The van der Waals surface area contributed by atoms with E-state index in [1.807, 2.05) is 0 Å². The van der Waals surface area contributed by atoms with Crippen LogP contribution >= 0.6 is 0 Å². The second kappa shape index (κ2) is 13.1. The average molecular weight is 680 g/mol. The zero-order valence-corrected chi connectivity index (χ0v) is 26.3. The fraction of sp³-hybridized carbons (Fsp3) is 0.200. The first kappa shape index (κ1) is 26.4. The molecule has 0 unspecified atom stereocenters. The third-order valence-corrected chi connectivity index (χ3v) is 34.5. The second-order valence-corrected chi connectivity index (χ2v) is 28.3. The molecule has 3 nitrogen and oxygen atoms in total. The van der Waals surface area contributed by atoms with Crippen molar-refractivity contribution in [2.75, 3.05) is 13.2 Å². The predicted molar refractivity (Wildman–Crippen MR) is 149 cm³/mol. The van der Waals surface area contributed by atoms with Crippen molar-refractivity contribution in [3.05, 3.63) is 121 Å². The van der Waals surface area contributed by atoms with Crippen LogP contribution in [-0.2, 0) is 7.56 Å². The predicted octanol–water partition coefficient (Wildman–Crippen LogP) is 4.37. The van der Waals surface area contributed by atoms with Crippen LogP contribution in [-0.4, -0.2) is 51.6 Å². The molecule has 0 spiro atoms. The van der Waals surface area contributed by atoms with Crippen molar-refractivity contribution < 1.29 is 7.56 Å². The van der Waals surface area contributed by atoms with Crippen molar-refractivity contribution in [3.8, 4) is 0 Å². The number of hydrogen-bond acceptors (Lipinski definition) is 3. The van der Waals surface area contributed by atoms with Crippen LogP contribution in [0.5, 0.6) is 0 Å². The molecule has 0 aromatic heterocycles. The summed E-state index contributed by atoms with van der Waals surface area (Å²) in [5, 5.41) is 0. The Hall–Kier alpha value is -1.64. The van der Waals surface area contributed by atoms with Gasteiger partial charge in [-0.3, -0.25) is 0 Å². The summed E-state index contributed by atoms with van der Waals surface area (Å²) in [5.41, 5.74) is 0. The first-order valence-electron chi connectivity index (χ1n) is 12.5. The molecule has 5 heteroatoms. The molecule has 4 aromatic carbocycles. The van der Waals surface area contributed by atoms with E-state index in [-0.39, 0.29) is 0 Å². The molecule has 4 rings (SSSR count). The van der Waals surface area contributed by atoms with E-state index in [2.05, 4.69) is 135 Å². The minimum atomic E-state index is -4.20. The Morgan fingerprint density at radius 2 is 0.686 bits per heavy atom. The van der Waals surface area contributed by atoms with Crippen molar-refractivity contribution in [2.45, 2.75) is 26.7 Å². The molecule has 0 fully saturated rings. The Morgan fingerprint density at radius 3 is 0.914 bits per heavy atom. The SMILES string of the molecule is CCC[O][Sn]([O][Sn]([O]CCC)([c]1ccccc1)[c]1ccccc1)([c]1ccccc1)[c]1ccccc1. The van der Waals surface area contributed by atoms with Crippen LogP contribution in [0.1, 0.15) is 26.7 Å². The first-order valence-corrected chi connectivity index (χ1v) is 22.8. The van der Waals surface area contributed by atoms with Crippen molar-refractivity contribution in [1.29, 1.82) is 0 Å². The van der Waals surface area contributed by atoms with Crippen LogP contribution < -0.4 is 14.3 Å². The molecule has 0 aliphatic carbocycles. The third-order valence-electron chi connectivity index (χ3n) is 5.92. The quantitative estimate of drug-likeness (QED) is 0.209. The Kier molecular flexibility index (Phi) is 9.86. The standard InChI is InChI=1S/4C6H5.2C3H7O.O.2Sn/c4*1-2-4-6-5-3-1;2*1-2-3-4;;;/h4*1-5H;2*2-3H2,1H3;;;/q;;;;2*-1;;2*+1. The van der Waals surface area contributed by atoms with E-state index in [0.29, 0.717) is 13.2 Å². The maximum atomic E-state index is 7.75. The van der Waals surface area contributed by atoms with Crippen molar-refractivity contribution in [1.82, 2.24) is 0 Å². The summed E-state index contributed by atoms with van der Waals surface area (Å²) in [6, 6.07) is 42.5. The fourth-order valence-corrected chi connectivity index (χ4v) is 40.0.